The highest BCUT2D eigenvalue weighted by atomic mass is 35.5. The highest BCUT2D eigenvalue weighted by Gasteiger charge is 2.25. The highest BCUT2D eigenvalue weighted by Crippen LogP contribution is 2.29. The van der Waals surface area contributed by atoms with Gasteiger partial charge in [0.1, 0.15) is 11.7 Å². The standard InChI is InChI=1S/C34H36ClN7O2/c1-21-32(22(2)40-39-21)24-9-12-28(13-10-24)37-33(43)30(38-34(44)31-15-16-36-42(31)5)19-27-18-26(11-14-29(27)35)25-8-6-7-23(17-25)20-41(3)4/h6-18,30H,19-20H2,1-5H3,(H,37,43)(H,38,44)(H,39,40). The molecule has 0 aliphatic carbocycles. The molecule has 9 nitrogen and oxygen atoms in total. The molecular formula is C34H36ClN7O2. The van der Waals surface area contributed by atoms with E-state index in [1.807, 2.05) is 76.5 Å². The Labute approximate surface area is 262 Å². The topological polar surface area (TPSA) is 108 Å². The van der Waals surface area contributed by atoms with Crippen molar-refractivity contribution in [3.8, 4) is 22.3 Å². The maximum Gasteiger partial charge on any atom is 0.270 e. The number of anilines is 1. The van der Waals surface area contributed by atoms with E-state index in [1.165, 1.54) is 10.2 Å². The second-order valence-electron chi connectivity index (χ2n) is 11.2. The molecule has 10 heteroatoms. The fourth-order valence-electron chi connectivity index (χ4n) is 5.31. The number of nitrogens with one attached hydrogen (secondary N) is 3. The number of halogens is 1. The Morgan fingerprint density at radius 2 is 1.70 bits per heavy atom. The van der Waals surface area contributed by atoms with E-state index in [-0.39, 0.29) is 12.3 Å². The third-order valence-electron chi connectivity index (χ3n) is 7.47. The van der Waals surface area contributed by atoms with Crippen LogP contribution in [0.4, 0.5) is 5.69 Å². The molecule has 44 heavy (non-hydrogen) atoms. The number of carbonyl (C=O) groups excluding carboxylic acids is 2. The Hall–Kier alpha value is -4.73. The summed E-state index contributed by atoms with van der Waals surface area (Å²) in [5, 5.41) is 17.8. The van der Waals surface area contributed by atoms with Crippen molar-refractivity contribution < 1.29 is 9.59 Å². The van der Waals surface area contributed by atoms with E-state index >= 15 is 0 Å². The summed E-state index contributed by atoms with van der Waals surface area (Å²) in [6, 6.07) is 22.4. The first-order valence-electron chi connectivity index (χ1n) is 14.3. The molecule has 5 aromatic rings. The summed E-state index contributed by atoms with van der Waals surface area (Å²) in [5.74, 6) is -0.770. The molecule has 1 atom stereocenters. The second kappa shape index (κ2) is 13.3. The van der Waals surface area contributed by atoms with Crippen LogP contribution in [-0.2, 0) is 24.8 Å². The largest absolute Gasteiger partial charge is 0.339 e. The quantitative estimate of drug-likeness (QED) is 0.186. The molecule has 1 unspecified atom stereocenters. The van der Waals surface area contributed by atoms with Gasteiger partial charge in [-0.3, -0.25) is 19.4 Å². The lowest BCUT2D eigenvalue weighted by atomic mass is 9.97. The number of aromatic nitrogens is 4. The number of carbonyl (C=O) groups is 2. The van der Waals surface area contributed by atoms with Crippen molar-refractivity contribution in [2.75, 3.05) is 19.4 Å². The van der Waals surface area contributed by atoms with Crippen molar-refractivity contribution in [2.24, 2.45) is 7.05 Å². The molecule has 0 saturated heterocycles. The van der Waals surface area contributed by atoms with Gasteiger partial charge < -0.3 is 15.5 Å². The van der Waals surface area contributed by atoms with Crippen LogP contribution in [0.2, 0.25) is 5.02 Å². The van der Waals surface area contributed by atoms with Crippen molar-refractivity contribution >= 4 is 29.1 Å². The molecular weight excluding hydrogens is 574 g/mol. The fraction of sp³-hybridized carbons (Fsp3) is 0.235. The summed E-state index contributed by atoms with van der Waals surface area (Å²) in [7, 11) is 5.75. The normalized spacial score (nSPS) is 11.9. The monoisotopic (exact) mass is 609 g/mol. The van der Waals surface area contributed by atoms with Gasteiger partial charge in [-0.1, -0.05) is 48.0 Å². The van der Waals surface area contributed by atoms with E-state index in [1.54, 1.807) is 19.3 Å². The highest BCUT2D eigenvalue weighted by molar-refractivity contribution is 6.31. The number of nitrogens with zero attached hydrogens (tertiary/aromatic N) is 4. The molecule has 0 aliphatic heterocycles. The summed E-state index contributed by atoms with van der Waals surface area (Å²) < 4.78 is 1.47. The van der Waals surface area contributed by atoms with Gasteiger partial charge in [-0.25, -0.2) is 0 Å². The van der Waals surface area contributed by atoms with Crippen LogP contribution >= 0.6 is 11.6 Å². The van der Waals surface area contributed by atoms with E-state index in [0.29, 0.717) is 16.4 Å². The van der Waals surface area contributed by atoms with E-state index in [2.05, 4.69) is 49.0 Å². The van der Waals surface area contributed by atoms with Crippen molar-refractivity contribution in [2.45, 2.75) is 32.9 Å². The molecule has 0 spiro atoms. The summed E-state index contributed by atoms with van der Waals surface area (Å²) in [4.78, 5) is 29.1. The molecule has 0 radical (unpaired) electrons. The zero-order valence-corrected chi connectivity index (χ0v) is 26.2. The summed E-state index contributed by atoms with van der Waals surface area (Å²) in [5.41, 5.74) is 8.81. The van der Waals surface area contributed by atoms with Gasteiger partial charge in [0.2, 0.25) is 5.91 Å². The molecule has 0 aliphatic rings. The average molecular weight is 610 g/mol. The Morgan fingerprint density at radius 1 is 0.977 bits per heavy atom. The van der Waals surface area contributed by atoms with Crippen LogP contribution in [0, 0.1) is 13.8 Å². The van der Waals surface area contributed by atoms with Gasteiger partial charge in [0, 0.05) is 48.2 Å². The van der Waals surface area contributed by atoms with E-state index in [0.717, 1.165) is 45.7 Å². The van der Waals surface area contributed by atoms with Gasteiger partial charge >= 0.3 is 0 Å². The smallest absolute Gasteiger partial charge is 0.270 e. The SMILES string of the molecule is Cc1n[nH]c(C)c1-c1ccc(NC(=O)C(Cc2cc(-c3cccc(CN(C)C)c3)ccc2Cl)NC(=O)c2ccnn2C)cc1. The minimum atomic E-state index is -0.914. The number of H-pyrrole nitrogens is 1. The van der Waals surface area contributed by atoms with Crippen molar-refractivity contribution in [3.63, 3.8) is 0 Å². The second-order valence-corrected chi connectivity index (χ2v) is 11.6. The van der Waals surface area contributed by atoms with Crippen LogP contribution in [0.15, 0.2) is 79.0 Å². The molecule has 0 bridgehead atoms. The maximum absolute atomic E-state index is 13.7. The van der Waals surface area contributed by atoms with Crippen LogP contribution < -0.4 is 10.6 Å². The first-order chi connectivity index (χ1) is 21.1. The van der Waals surface area contributed by atoms with Gasteiger partial charge in [0.25, 0.3) is 5.91 Å². The third-order valence-corrected chi connectivity index (χ3v) is 7.84. The summed E-state index contributed by atoms with van der Waals surface area (Å²) in [6.07, 6.45) is 1.73. The lowest BCUT2D eigenvalue weighted by Gasteiger charge is -2.20. The Bertz CT molecular complexity index is 1770. The van der Waals surface area contributed by atoms with Crippen LogP contribution in [-0.4, -0.2) is 56.8 Å². The van der Waals surface area contributed by atoms with Crippen LogP contribution in [0.1, 0.15) is 33.0 Å². The number of rotatable bonds is 10. The summed E-state index contributed by atoms with van der Waals surface area (Å²) >= 11 is 6.67. The van der Waals surface area contributed by atoms with Crippen LogP contribution in [0.25, 0.3) is 22.3 Å². The first kappa shape index (κ1) is 30.7. The molecule has 0 fully saturated rings. The number of hydrogen-bond acceptors (Lipinski definition) is 5. The van der Waals surface area contributed by atoms with Crippen molar-refractivity contribution in [1.29, 1.82) is 0 Å². The van der Waals surface area contributed by atoms with Crippen molar-refractivity contribution in [3.05, 3.63) is 112 Å². The maximum atomic E-state index is 13.7. The lowest BCUT2D eigenvalue weighted by molar-refractivity contribution is -0.118. The average Bonchev–Trinajstić information content (AvgIpc) is 3.57. The number of aryl methyl sites for hydroxylation is 3. The van der Waals surface area contributed by atoms with Gasteiger partial charge in [-0.2, -0.15) is 10.2 Å². The number of aromatic amines is 1. The fourth-order valence-corrected chi connectivity index (χ4v) is 5.50. The number of benzene rings is 3. The van der Waals surface area contributed by atoms with E-state index in [4.69, 9.17) is 11.6 Å². The molecule has 2 heterocycles. The van der Waals surface area contributed by atoms with Crippen LogP contribution in [0.3, 0.4) is 0 Å². The van der Waals surface area contributed by atoms with Gasteiger partial charge in [-0.15, -0.1) is 0 Å². The van der Waals surface area contributed by atoms with E-state index < -0.39 is 11.9 Å². The third kappa shape index (κ3) is 7.07. The minimum Gasteiger partial charge on any atom is -0.339 e. The Morgan fingerprint density at radius 3 is 2.36 bits per heavy atom. The zero-order chi connectivity index (χ0) is 31.4. The van der Waals surface area contributed by atoms with E-state index in [9.17, 15) is 9.59 Å². The minimum absolute atomic E-state index is 0.185. The number of amides is 2. The molecule has 226 valence electrons. The summed E-state index contributed by atoms with van der Waals surface area (Å²) in [6.45, 7) is 4.74. The molecule has 5 rings (SSSR count). The van der Waals surface area contributed by atoms with Crippen molar-refractivity contribution in [1.82, 2.24) is 30.2 Å². The van der Waals surface area contributed by atoms with Crippen LogP contribution in [0.5, 0.6) is 0 Å². The molecule has 3 aromatic carbocycles. The Kier molecular flexibility index (Phi) is 9.27. The molecule has 2 aromatic heterocycles. The van der Waals surface area contributed by atoms with Gasteiger partial charge in [-0.05, 0) is 92.2 Å². The molecule has 2 amide bonds. The predicted octanol–water partition coefficient (Wildman–Crippen LogP) is 5.79. The molecule has 0 saturated carbocycles. The zero-order valence-electron chi connectivity index (χ0n) is 25.5. The predicted molar refractivity (Wildman–Crippen MR) is 175 cm³/mol. The first-order valence-corrected chi connectivity index (χ1v) is 14.7. The molecule has 3 N–H and O–H groups in total. The van der Waals surface area contributed by atoms with Gasteiger partial charge in [0.05, 0.1) is 5.69 Å². The van der Waals surface area contributed by atoms with Gasteiger partial charge in [0.15, 0.2) is 0 Å². The number of hydrogen-bond donors (Lipinski definition) is 3. The lowest BCUT2D eigenvalue weighted by Crippen LogP contribution is -2.45. The Balaban J connectivity index is 1.41.